The first-order chi connectivity index (χ1) is 25.2. The third-order valence-corrected chi connectivity index (χ3v) is 10.8. The van der Waals surface area contributed by atoms with Gasteiger partial charge in [-0.05, 0) is 58.1 Å². The van der Waals surface area contributed by atoms with Crippen molar-refractivity contribution in [3.8, 4) is 45.0 Å². The molecule has 0 radical (unpaired) electrons. The molecule has 0 fully saturated rings. The topological polar surface area (TPSA) is 51.8 Å². The molecule has 0 bridgehead atoms. The van der Waals surface area contributed by atoms with E-state index in [0.717, 1.165) is 49.8 Å². The lowest BCUT2D eigenvalue weighted by Gasteiger charge is -2.10. The summed E-state index contributed by atoms with van der Waals surface area (Å²) in [5, 5.41) is 4.77. The van der Waals surface area contributed by atoms with Crippen molar-refractivity contribution in [3.05, 3.63) is 175 Å². The Morgan fingerprint density at radius 2 is 1.14 bits per heavy atom. The molecular formula is C46H29N3OS. The Labute approximate surface area is 298 Å². The average molecular weight is 672 g/mol. The quantitative estimate of drug-likeness (QED) is 0.177. The Morgan fingerprint density at radius 3 is 2.00 bits per heavy atom. The molecule has 0 saturated carbocycles. The van der Waals surface area contributed by atoms with Crippen molar-refractivity contribution in [2.45, 2.75) is 6.42 Å². The zero-order valence-corrected chi connectivity index (χ0v) is 28.3. The average Bonchev–Trinajstić information content (AvgIpc) is 3.77. The molecular weight excluding hydrogens is 643 g/mol. The van der Waals surface area contributed by atoms with Gasteiger partial charge in [-0.2, -0.15) is 0 Å². The highest BCUT2D eigenvalue weighted by Crippen LogP contribution is 2.42. The summed E-state index contributed by atoms with van der Waals surface area (Å²) in [6, 6.07) is 57.1. The maximum absolute atomic E-state index is 6.45. The third-order valence-electron chi connectivity index (χ3n) is 9.59. The lowest BCUT2D eigenvalue weighted by atomic mass is 9.98. The highest BCUT2D eigenvalue weighted by molar-refractivity contribution is 7.26. The van der Waals surface area contributed by atoms with Crippen LogP contribution in [0.1, 0.15) is 11.4 Å². The first kappa shape index (κ1) is 29.5. The fraction of sp³-hybridized carbons (Fsp3) is 0.0217. The van der Waals surface area contributed by atoms with Gasteiger partial charge >= 0.3 is 0 Å². The molecule has 10 aromatic rings. The van der Waals surface area contributed by atoms with Crippen molar-refractivity contribution < 1.29 is 4.42 Å². The summed E-state index contributed by atoms with van der Waals surface area (Å²) in [7, 11) is 0. The van der Waals surface area contributed by atoms with Crippen molar-refractivity contribution in [2.75, 3.05) is 0 Å². The Morgan fingerprint density at radius 1 is 0.451 bits per heavy atom. The minimum absolute atomic E-state index is 0.524. The summed E-state index contributed by atoms with van der Waals surface area (Å²) in [4.78, 5) is 15.1. The van der Waals surface area contributed by atoms with Gasteiger partial charge < -0.3 is 4.42 Å². The molecule has 240 valence electrons. The number of hydrogen-bond acceptors (Lipinski definition) is 5. The molecule has 0 aliphatic heterocycles. The van der Waals surface area contributed by atoms with Crippen molar-refractivity contribution >= 4 is 53.4 Å². The number of nitrogens with zero attached hydrogens (tertiary/aromatic N) is 3. The molecule has 3 heterocycles. The number of fused-ring (bicyclic) bond motifs is 6. The van der Waals surface area contributed by atoms with Gasteiger partial charge in [-0.15, -0.1) is 11.3 Å². The zero-order chi connectivity index (χ0) is 33.7. The largest absolute Gasteiger partial charge is 0.456 e. The molecule has 0 spiro atoms. The van der Waals surface area contributed by atoms with E-state index in [-0.39, 0.29) is 0 Å². The monoisotopic (exact) mass is 671 g/mol. The van der Waals surface area contributed by atoms with Gasteiger partial charge in [-0.3, -0.25) is 0 Å². The first-order valence-electron chi connectivity index (χ1n) is 17.1. The van der Waals surface area contributed by atoms with Crippen LogP contribution in [0.3, 0.4) is 0 Å². The predicted molar refractivity (Wildman–Crippen MR) is 211 cm³/mol. The Balaban J connectivity index is 1.10. The van der Waals surface area contributed by atoms with Crippen LogP contribution in [-0.2, 0) is 6.42 Å². The summed E-state index contributed by atoms with van der Waals surface area (Å²) in [6.45, 7) is 0. The van der Waals surface area contributed by atoms with E-state index in [0.29, 0.717) is 23.9 Å². The lowest BCUT2D eigenvalue weighted by molar-refractivity contribution is 0.668. The van der Waals surface area contributed by atoms with Crippen LogP contribution in [0.2, 0.25) is 0 Å². The lowest BCUT2D eigenvalue weighted by Crippen LogP contribution is -2.04. The first-order valence-corrected chi connectivity index (χ1v) is 17.9. The molecule has 4 nitrogen and oxygen atoms in total. The smallest absolute Gasteiger partial charge is 0.163 e. The van der Waals surface area contributed by atoms with E-state index in [9.17, 15) is 0 Å². The minimum Gasteiger partial charge on any atom is -0.456 e. The fourth-order valence-electron chi connectivity index (χ4n) is 7.17. The normalized spacial score (nSPS) is 11.6. The SMILES string of the molecule is c1ccc(-c2cccc(-c3nc(Cc4cccc5oc6ccc(-c7cccc8c7sc7ccccc78)cc6c45)nc(-c4ccccc4)n3)c2)cc1. The second kappa shape index (κ2) is 12.2. The van der Waals surface area contributed by atoms with Crippen molar-refractivity contribution in [3.63, 3.8) is 0 Å². The van der Waals surface area contributed by atoms with Gasteiger partial charge in [-0.1, -0.05) is 133 Å². The van der Waals surface area contributed by atoms with Crippen LogP contribution >= 0.6 is 11.3 Å². The highest BCUT2D eigenvalue weighted by Gasteiger charge is 2.18. The minimum atomic E-state index is 0.524. The Hall–Kier alpha value is -6.43. The van der Waals surface area contributed by atoms with Gasteiger partial charge in [0.2, 0.25) is 0 Å². The maximum atomic E-state index is 6.45. The molecule has 3 aromatic heterocycles. The van der Waals surface area contributed by atoms with E-state index in [1.54, 1.807) is 0 Å². The van der Waals surface area contributed by atoms with Gasteiger partial charge in [0.25, 0.3) is 0 Å². The van der Waals surface area contributed by atoms with Crippen molar-refractivity contribution in [1.82, 2.24) is 15.0 Å². The van der Waals surface area contributed by atoms with Gasteiger partial charge in [0.05, 0.1) is 0 Å². The van der Waals surface area contributed by atoms with E-state index >= 15 is 0 Å². The zero-order valence-electron chi connectivity index (χ0n) is 27.5. The van der Waals surface area contributed by atoms with Crippen LogP contribution in [0.15, 0.2) is 168 Å². The van der Waals surface area contributed by atoms with E-state index in [1.807, 2.05) is 47.7 Å². The fourth-order valence-corrected chi connectivity index (χ4v) is 8.41. The van der Waals surface area contributed by atoms with Gasteiger partial charge in [0, 0.05) is 48.5 Å². The summed E-state index contributed by atoms with van der Waals surface area (Å²) in [6.07, 6.45) is 0.524. The molecule has 51 heavy (non-hydrogen) atoms. The molecule has 0 aliphatic rings. The van der Waals surface area contributed by atoms with E-state index in [2.05, 4.69) is 127 Å². The van der Waals surface area contributed by atoms with Crippen LogP contribution in [0, 0.1) is 0 Å². The number of thiophene rings is 1. The van der Waals surface area contributed by atoms with Crippen LogP contribution in [-0.4, -0.2) is 15.0 Å². The second-order valence-electron chi connectivity index (χ2n) is 12.8. The summed E-state index contributed by atoms with van der Waals surface area (Å²) < 4.78 is 9.05. The van der Waals surface area contributed by atoms with E-state index in [1.165, 1.54) is 31.3 Å². The van der Waals surface area contributed by atoms with Crippen LogP contribution in [0.5, 0.6) is 0 Å². The summed E-state index contributed by atoms with van der Waals surface area (Å²) >= 11 is 1.85. The maximum Gasteiger partial charge on any atom is 0.163 e. The molecule has 10 rings (SSSR count). The summed E-state index contributed by atoms with van der Waals surface area (Å²) in [5.41, 5.74) is 9.40. The number of hydrogen-bond donors (Lipinski definition) is 0. The Kier molecular flexibility index (Phi) is 7.03. The number of furan rings is 1. The molecule has 0 atom stereocenters. The van der Waals surface area contributed by atoms with Gasteiger partial charge in [0.15, 0.2) is 11.6 Å². The highest BCUT2D eigenvalue weighted by atomic mass is 32.1. The molecule has 0 amide bonds. The molecule has 7 aromatic carbocycles. The second-order valence-corrected chi connectivity index (χ2v) is 13.8. The van der Waals surface area contributed by atoms with E-state index in [4.69, 9.17) is 19.4 Å². The standard InChI is InChI=1S/C46H29N3OS/c1-3-12-29(13-4-1)31-16-9-18-34(26-31)46-48-42(47-45(49-46)30-14-5-2-6-15-30)28-33-17-10-22-40-43(33)38-27-32(24-25-39(38)50-40)35-20-11-21-37-36-19-7-8-23-41(36)51-44(35)37/h1-27H,28H2. The predicted octanol–water partition coefficient (Wildman–Crippen LogP) is 12.4. The summed E-state index contributed by atoms with van der Waals surface area (Å²) in [5.74, 6) is 2.01. The number of rotatable bonds is 6. The van der Waals surface area contributed by atoms with Crippen molar-refractivity contribution in [1.29, 1.82) is 0 Å². The van der Waals surface area contributed by atoms with Gasteiger partial charge in [-0.25, -0.2) is 15.0 Å². The van der Waals surface area contributed by atoms with Crippen molar-refractivity contribution in [2.24, 2.45) is 0 Å². The van der Waals surface area contributed by atoms with Crippen LogP contribution < -0.4 is 0 Å². The van der Waals surface area contributed by atoms with E-state index < -0.39 is 0 Å². The molecule has 0 unspecified atom stereocenters. The number of aromatic nitrogens is 3. The van der Waals surface area contributed by atoms with Gasteiger partial charge in [0.1, 0.15) is 17.0 Å². The molecule has 0 saturated heterocycles. The number of benzene rings is 7. The molecule has 0 aliphatic carbocycles. The third kappa shape index (κ3) is 5.27. The molecule has 5 heteroatoms. The van der Waals surface area contributed by atoms with Crippen LogP contribution in [0.25, 0.3) is 87.1 Å². The molecule has 0 N–H and O–H groups in total. The Bertz CT molecular complexity index is 2890. The van der Waals surface area contributed by atoms with Crippen LogP contribution in [0.4, 0.5) is 0 Å².